The molecule has 11 heteroatoms. The minimum Gasteiger partial charge on any atom is -0.395 e. The number of nitrogens with two attached hydrogens (primary N) is 1. The number of anilines is 1. The van der Waals surface area contributed by atoms with E-state index < -0.39 is 17.7 Å². The first-order valence-corrected chi connectivity index (χ1v) is 8.54. The van der Waals surface area contributed by atoms with Crippen LogP contribution >= 0.6 is 0 Å². The van der Waals surface area contributed by atoms with Crippen LogP contribution in [0.4, 0.5) is 23.4 Å². The van der Waals surface area contributed by atoms with Gasteiger partial charge in [0.2, 0.25) is 0 Å². The molecule has 0 aliphatic carbocycles. The SMILES string of the molecule is Nc1cc(C(F)(F)F)nc(-c2cc(C3=NOCC3)n(Cc3ccccc3F)n2)n1. The number of nitrogens with zero attached hydrogens (tertiary/aromatic N) is 5. The first-order chi connectivity index (χ1) is 13.8. The maximum Gasteiger partial charge on any atom is 0.433 e. The Morgan fingerprint density at radius 3 is 2.62 bits per heavy atom. The molecular formula is C18H14F4N6O. The number of hydrogen-bond donors (Lipinski definition) is 1. The van der Waals surface area contributed by atoms with Crippen molar-refractivity contribution in [2.75, 3.05) is 12.3 Å². The van der Waals surface area contributed by atoms with Crippen molar-refractivity contribution < 1.29 is 22.4 Å². The monoisotopic (exact) mass is 406 g/mol. The number of aromatic nitrogens is 4. The molecule has 1 aromatic carbocycles. The lowest BCUT2D eigenvalue weighted by molar-refractivity contribution is -0.141. The lowest BCUT2D eigenvalue weighted by Crippen LogP contribution is -2.12. The molecule has 0 saturated heterocycles. The summed E-state index contributed by atoms with van der Waals surface area (Å²) >= 11 is 0. The van der Waals surface area contributed by atoms with Crippen LogP contribution in [-0.2, 0) is 17.6 Å². The summed E-state index contributed by atoms with van der Waals surface area (Å²) in [6.07, 6.45) is -4.21. The Balaban J connectivity index is 1.80. The van der Waals surface area contributed by atoms with Crippen molar-refractivity contribution in [3.63, 3.8) is 0 Å². The number of halogens is 4. The van der Waals surface area contributed by atoms with Gasteiger partial charge in [-0.3, -0.25) is 4.68 Å². The smallest absolute Gasteiger partial charge is 0.395 e. The third kappa shape index (κ3) is 3.89. The minimum absolute atomic E-state index is 0.0372. The highest BCUT2D eigenvalue weighted by atomic mass is 19.4. The van der Waals surface area contributed by atoms with Crippen molar-refractivity contribution in [3.8, 4) is 11.5 Å². The molecular weight excluding hydrogens is 392 g/mol. The Labute approximate surface area is 161 Å². The van der Waals surface area contributed by atoms with Gasteiger partial charge in [-0.05, 0) is 12.1 Å². The summed E-state index contributed by atoms with van der Waals surface area (Å²) in [5.41, 5.74) is 5.78. The fourth-order valence-electron chi connectivity index (χ4n) is 2.88. The Morgan fingerprint density at radius 1 is 1.14 bits per heavy atom. The largest absolute Gasteiger partial charge is 0.433 e. The van der Waals surface area contributed by atoms with Crippen molar-refractivity contribution in [3.05, 3.63) is 59.2 Å². The lowest BCUT2D eigenvalue weighted by atomic mass is 10.1. The van der Waals surface area contributed by atoms with Crippen molar-refractivity contribution in [2.24, 2.45) is 5.16 Å². The summed E-state index contributed by atoms with van der Waals surface area (Å²) < 4.78 is 54.8. The van der Waals surface area contributed by atoms with Gasteiger partial charge >= 0.3 is 6.18 Å². The van der Waals surface area contributed by atoms with Gasteiger partial charge < -0.3 is 10.6 Å². The van der Waals surface area contributed by atoms with E-state index >= 15 is 0 Å². The average molecular weight is 406 g/mol. The van der Waals surface area contributed by atoms with Gasteiger partial charge in [-0.15, -0.1) is 0 Å². The van der Waals surface area contributed by atoms with E-state index in [0.717, 1.165) is 0 Å². The van der Waals surface area contributed by atoms with E-state index in [4.69, 9.17) is 10.6 Å². The molecule has 0 amide bonds. The van der Waals surface area contributed by atoms with Crippen LogP contribution in [0.1, 0.15) is 23.4 Å². The zero-order valence-corrected chi connectivity index (χ0v) is 14.8. The number of benzene rings is 1. The summed E-state index contributed by atoms with van der Waals surface area (Å²) in [7, 11) is 0. The van der Waals surface area contributed by atoms with E-state index in [1.165, 1.54) is 16.8 Å². The normalized spacial score (nSPS) is 14.0. The van der Waals surface area contributed by atoms with Crippen LogP contribution in [0, 0.1) is 5.82 Å². The molecule has 0 spiro atoms. The van der Waals surface area contributed by atoms with Gasteiger partial charge in [-0.1, -0.05) is 23.4 Å². The molecule has 3 aromatic rings. The molecule has 0 unspecified atom stereocenters. The van der Waals surface area contributed by atoms with E-state index in [-0.39, 0.29) is 23.9 Å². The summed E-state index contributed by atoms with van der Waals surface area (Å²) in [5.74, 6) is -1.06. The lowest BCUT2D eigenvalue weighted by Gasteiger charge is -2.08. The topological polar surface area (TPSA) is 91.2 Å². The van der Waals surface area contributed by atoms with Crippen LogP contribution in [0.2, 0.25) is 0 Å². The number of nitrogen functional groups attached to an aromatic ring is 1. The number of rotatable bonds is 4. The molecule has 0 fully saturated rings. The molecule has 4 rings (SSSR count). The molecule has 0 saturated carbocycles. The molecule has 1 aliphatic heterocycles. The molecule has 29 heavy (non-hydrogen) atoms. The molecule has 0 radical (unpaired) electrons. The predicted molar refractivity (Wildman–Crippen MR) is 95.3 cm³/mol. The fourth-order valence-corrected chi connectivity index (χ4v) is 2.88. The second kappa shape index (κ2) is 7.15. The highest BCUT2D eigenvalue weighted by Crippen LogP contribution is 2.30. The Morgan fingerprint density at radius 2 is 1.93 bits per heavy atom. The van der Waals surface area contributed by atoms with E-state index in [1.54, 1.807) is 18.2 Å². The van der Waals surface area contributed by atoms with Crippen LogP contribution in [-0.4, -0.2) is 32.1 Å². The van der Waals surface area contributed by atoms with Crippen molar-refractivity contribution in [1.29, 1.82) is 0 Å². The average Bonchev–Trinajstić information content (AvgIpc) is 3.32. The third-order valence-electron chi connectivity index (χ3n) is 4.22. The summed E-state index contributed by atoms with van der Waals surface area (Å²) in [6.45, 7) is 0.401. The van der Waals surface area contributed by atoms with Gasteiger partial charge in [0.25, 0.3) is 0 Å². The Bertz CT molecular complexity index is 1090. The maximum absolute atomic E-state index is 14.1. The highest BCUT2D eigenvalue weighted by molar-refractivity contribution is 6.00. The van der Waals surface area contributed by atoms with E-state index in [1.807, 2.05) is 0 Å². The predicted octanol–water partition coefficient (Wildman–Crippen LogP) is 3.25. The standard InChI is InChI=1S/C18H14F4N6O/c19-11-4-2-1-3-10(11)9-28-14(12-5-6-29-27-12)7-13(26-28)17-24-15(18(20,21)22)8-16(23)25-17/h1-4,7-8H,5-6,9H2,(H2,23,24,25). The highest BCUT2D eigenvalue weighted by Gasteiger charge is 2.34. The maximum atomic E-state index is 14.1. The second-order valence-electron chi connectivity index (χ2n) is 6.28. The van der Waals surface area contributed by atoms with Gasteiger partial charge in [-0.25, -0.2) is 14.4 Å². The first kappa shape index (κ1) is 18.8. The molecule has 150 valence electrons. The molecule has 0 bridgehead atoms. The molecule has 2 aromatic heterocycles. The van der Waals surface area contributed by atoms with Crippen LogP contribution in [0.3, 0.4) is 0 Å². The van der Waals surface area contributed by atoms with Gasteiger partial charge in [0.05, 0.1) is 12.2 Å². The zero-order chi connectivity index (χ0) is 20.6. The van der Waals surface area contributed by atoms with Crippen molar-refractivity contribution >= 4 is 11.5 Å². The van der Waals surface area contributed by atoms with E-state index in [0.29, 0.717) is 36.1 Å². The fraction of sp³-hybridized carbons (Fsp3) is 0.222. The van der Waals surface area contributed by atoms with Crippen LogP contribution in [0.25, 0.3) is 11.5 Å². The van der Waals surface area contributed by atoms with Gasteiger partial charge in [-0.2, -0.15) is 18.3 Å². The third-order valence-corrected chi connectivity index (χ3v) is 4.22. The Kier molecular flexibility index (Phi) is 4.65. The molecule has 2 N–H and O–H groups in total. The minimum atomic E-state index is -4.69. The summed E-state index contributed by atoms with van der Waals surface area (Å²) in [5, 5.41) is 8.22. The number of hydrogen-bond acceptors (Lipinski definition) is 6. The van der Waals surface area contributed by atoms with Gasteiger partial charge in [0.15, 0.2) is 11.5 Å². The molecule has 1 aliphatic rings. The van der Waals surface area contributed by atoms with Crippen molar-refractivity contribution in [1.82, 2.24) is 19.7 Å². The van der Waals surface area contributed by atoms with Gasteiger partial charge in [0, 0.05) is 18.1 Å². The first-order valence-electron chi connectivity index (χ1n) is 8.54. The van der Waals surface area contributed by atoms with Crippen molar-refractivity contribution in [2.45, 2.75) is 19.1 Å². The summed E-state index contributed by atoms with van der Waals surface area (Å²) in [4.78, 5) is 12.4. The molecule has 7 nitrogen and oxygen atoms in total. The molecule has 3 heterocycles. The zero-order valence-electron chi connectivity index (χ0n) is 14.8. The number of oxime groups is 1. The number of alkyl halides is 3. The van der Waals surface area contributed by atoms with E-state index in [9.17, 15) is 17.6 Å². The Hall–Kier alpha value is -3.50. The van der Waals surface area contributed by atoms with Crippen LogP contribution < -0.4 is 5.73 Å². The second-order valence-corrected chi connectivity index (χ2v) is 6.28. The molecule has 0 atom stereocenters. The summed E-state index contributed by atoms with van der Waals surface area (Å²) in [6, 6.07) is 8.27. The van der Waals surface area contributed by atoms with Crippen LogP contribution in [0.15, 0.2) is 41.6 Å². The quantitative estimate of drug-likeness (QED) is 0.672. The van der Waals surface area contributed by atoms with Crippen LogP contribution in [0.5, 0.6) is 0 Å². The van der Waals surface area contributed by atoms with Gasteiger partial charge in [0.1, 0.15) is 29.6 Å². The van der Waals surface area contributed by atoms with E-state index in [2.05, 4.69) is 20.2 Å².